The fraction of sp³-hybridized carbons (Fsp3) is 0.450. The summed E-state index contributed by atoms with van der Waals surface area (Å²) in [6.45, 7) is 7.83. The zero-order valence-corrected chi connectivity index (χ0v) is 15.5. The second-order valence-corrected chi connectivity index (χ2v) is 7.18. The molecule has 1 atom stereocenters. The van der Waals surface area contributed by atoms with Gasteiger partial charge in [0.1, 0.15) is 11.4 Å². The van der Waals surface area contributed by atoms with Crippen LogP contribution in [-0.4, -0.2) is 22.7 Å². The van der Waals surface area contributed by atoms with Crippen LogP contribution in [0, 0.1) is 0 Å². The zero-order valence-electron chi connectivity index (χ0n) is 15.5. The fourth-order valence-electron chi connectivity index (χ4n) is 3.24. The number of hydrogen-bond acceptors (Lipinski definition) is 2. The molecule has 2 heterocycles. The molecule has 1 aliphatic rings. The third-order valence-electron chi connectivity index (χ3n) is 4.34. The third kappa shape index (κ3) is 4.35. The van der Waals surface area contributed by atoms with Crippen LogP contribution in [0.15, 0.2) is 47.7 Å². The van der Waals surface area contributed by atoms with Gasteiger partial charge >= 0.3 is 0 Å². The molecule has 25 heavy (non-hydrogen) atoms. The van der Waals surface area contributed by atoms with Crippen molar-refractivity contribution in [3.63, 3.8) is 0 Å². The first kappa shape index (κ1) is 17.4. The van der Waals surface area contributed by atoms with Gasteiger partial charge in [-0.2, -0.15) is 0 Å². The summed E-state index contributed by atoms with van der Waals surface area (Å²) in [7, 11) is 2.03. The van der Waals surface area contributed by atoms with Gasteiger partial charge < -0.3 is 19.9 Å². The van der Waals surface area contributed by atoms with Gasteiger partial charge in [-0.05, 0) is 38.5 Å². The van der Waals surface area contributed by atoms with E-state index in [0.717, 1.165) is 24.7 Å². The molecule has 134 valence electrons. The van der Waals surface area contributed by atoms with Crippen LogP contribution in [0.25, 0.3) is 0 Å². The van der Waals surface area contributed by atoms with E-state index >= 15 is 0 Å². The lowest BCUT2D eigenvalue weighted by atomic mass is 9.90. The number of aryl methyl sites for hydroxylation is 1. The molecule has 0 aliphatic carbocycles. The van der Waals surface area contributed by atoms with E-state index in [1.165, 1.54) is 11.1 Å². The van der Waals surface area contributed by atoms with Crippen molar-refractivity contribution in [2.45, 2.75) is 45.4 Å². The summed E-state index contributed by atoms with van der Waals surface area (Å²) in [6.07, 6.45) is 5.03. The van der Waals surface area contributed by atoms with Crippen LogP contribution >= 0.6 is 0 Å². The smallest absolute Gasteiger partial charge is 0.192 e. The lowest BCUT2D eigenvalue weighted by molar-refractivity contribution is 0.0694. The van der Waals surface area contributed by atoms with E-state index in [1.807, 2.05) is 29.9 Å². The highest BCUT2D eigenvalue weighted by atomic mass is 16.5. The molecule has 0 saturated carbocycles. The highest BCUT2D eigenvalue weighted by molar-refractivity contribution is 5.80. The number of ether oxygens (including phenoxy) is 1. The van der Waals surface area contributed by atoms with Gasteiger partial charge in [-0.1, -0.05) is 18.2 Å². The Hall–Kier alpha value is -2.43. The topological polar surface area (TPSA) is 50.6 Å². The molecule has 1 unspecified atom stereocenters. The van der Waals surface area contributed by atoms with Crippen molar-refractivity contribution in [2.24, 2.45) is 12.0 Å². The maximum atomic E-state index is 6.12. The van der Waals surface area contributed by atoms with Crippen molar-refractivity contribution in [1.82, 2.24) is 15.2 Å². The molecular formula is C20H28N4O. The molecule has 1 aliphatic heterocycles. The van der Waals surface area contributed by atoms with E-state index < -0.39 is 0 Å². The maximum absolute atomic E-state index is 6.12. The average Bonchev–Trinajstić information content (AvgIpc) is 2.97. The number of nitrogens with zero attached hydrogens (tertiary/aromatic N) is 2. The Morgan fingerprint density at radius 3 is 2.84 bits per heavy atom. The summed E-state index contributed by atoms with van der Waals surface area (Å²) in [6, 6.07) is 10.5. The monoisotopic (exact) mass is 340 g/mol. The number of fused-ring (bicyclic) bond motifs is 1. The molecule has 0 radical (unpaired) electrons. The van der Waals surface area contributed by atoms with Crippen molar-refractivity contribution in [3.05, 3.63) is 53.9 Å². The van der Waals surface area contributed by atoms with Gasteiger partial charge in [0.2, 0.25) is 0 Å². The van der Waals surface area contributed by atoms with E-state index in [-0.39, 0.29) is 11.6 Å². The Bertz CT molecular complexity index is 748. The van der Waals surface area contributed by atoms with Gasteiger partial charge in [0, 0.05) is 38.0 Å². The summed E-state index contributed by atoms with van der Waals surface area (Å²) in [5.41, 5.74) is 2.18. The van der Waals surface area contributed by atoms with Gasteiger partial charge in [0.05, 0.1) is 12.6 Å². The van der Waals surface area contributed by atoms with Gasteiger partial charge in [0.25, 0.3) is 0 Å². The summed E-state index contributed by atoms with van der Waals surface area (Å²) >= 11 is 0. The van der Waals surface area contributed by atoms with E-state index in [2.05, 4.69) is 55.8 Å². The first-order valence-electron chi connectivity index (χ1n) is 8.90. The minimum absolute atomic E-state index is 0.175. The normalized spacial score (nSPS) is 19.0. The molecular weight excluding hydrogens is 312 g/mol. The van der Waals surface area contributed by atoms with Crippen LogP contribution in [0.2, 0.25) is 0 Å². The highest BCUT2D eigenvalue weighted by Crippen LogP contribution is 2.39. The highest BCUT2D eigenvalue weighted by Gasteiger charge is 2.33. The van der Waals surface area contributed by atoms with Crippen LogP contribution in [0.4, 0.5) is 0 Å². The predicted octanol–water partition coefficient (Wildman–Crippen LogP) is 3.38. The van der Waals surface area contributed by atoms with Gasteiger partial charge in [-0.25, -0.2) is 4.99 Å². The van der Waals surface area contributed by atoms with Crippen molar-refractivity contribution < 1.29 is 4.74 Å². The summed E-state index contributed by atoms with van der Waals surface area (Å²) in [5.74, 6) is 1.79. The van der Waals surface area contributed by atoms with Crippen LogP contribution in [0.1, 0.15) is 44.4 Å². The molecule has 1 aromatic carbocycles. The molecule has 1 aromatic heterocycles. The molecule has 3 rings (SSSR count). The number of benzene rings is 1. The van der Waals surface area contributed by atoms with Crippen LogP contribution in [0.5, 0.6) is 5.75 Å². The number of para-hydroxylation sites is 1. The Morgan fingerprint density at radius 2 is 2.12 bits per heavy atom. The Balaban J connectivity index is 1.79. The standard InChI is InChI=1S/C20H28N4O/c1-5-21-19(22-13-15-10-11-24(4)14-15)23-17-12-20(2,3)25-18-9-7-6-8-16(17)18/h6-11,14,17H,5,12-13H2,1-4H3,(H2,21,22,23). The van der Waals surface area contributed by atoms with E-state index in [9.17, 15) is 0 Å². The summed E-state index contributed by atoms with van der Waals surface area (Å²) in [5, 5.41) is 6.95. The number of rotatable bonds is 4. The van der Waals surface area contributed by atoms with Crippen molar-refractivity contribution >= 4 is 5.96 Å². The van der Waals surface area contributed by atoms with Gasteiger partial charge in [0.15, 0.2) is 5.96 Å². The number of guanidine groups is 1. The van der Waals surface area contributed by atoms with E-state index in [0.29, 0.717) is 6.54 Å². The zero-order chi connectivity index (χ0) is 17.9. The first-order valence-corrected chi connectivity index (χ1v) is 8.90. The van der Waals surface area contributed by atoms with Crippen molar-refractivity contribution in [1.29, 1.82) is 0 Å². The van der Waals surface area contributed by atoms with Gasteiger partial charge in [-0.3, -0.25) is 0 Å². The minimum Gasteiger partial charge on any atom is -0.487 e. The molecule has 0 amide bonds. The van der Waals surface area contributed by atoms with Crippen LogP contribution in [-0.2, 0) is 13.6 Å². The Labute approximate surface area is 150 Å². The quantitative estimate of drug-likeness (QED) is 0.663. The molecule has 0 saturated heterocycles. The maximum Gasteiger partial charge on any atom is 0.192 e. The number of hydrogen-bond donors (Lipinski definition) is 2. The summed E-state index contributed by atoms with van der Waals surface area (Å²) in [4.78, 5) is 4.75. The second kappa shape index (κ2) is 7.21. The SMILES string of the molecule is CCNC(=NCc1ccn(C)c1)NC1CC(C)(C)Oc2ccccc21. The minimum atomic E-state index is -0.206. The lowest BCUT2D eigenvalue weighted by Gasteiger charge is -2.38. The molecule has 0 bridgehead atoms. The summed E-state index contributed by atoms with van der Waals surface area (Å²) < 4.78 is 8.16. The Morgan fingerprint density at radius 1 is 1.32 bits per heavy atom. The molecule has 2 N–H and O–H groups in total. The predicted molar refractivity (Wildman–Crippen MR) is 102 cm³/mol. The lowest BCUT2D eigenvalue weighted by Crippen LogP contribution is -2.45. The van der Waals surface area contributed by atoms with Crippen LogP contribution < -0.4 is 15.4 Å². The molecule has 5 heteroatoms. The average molecular weight is 340 g/mol. The number of aliphatic imine (C=N–C) groups is 1. The molecule has 5 nitrogen and oxygen atoms in total. The molecule has 0 fully saturated rings. The van der Waals surface area contributed by atoms with Gasteiger partial charge in [-0.15, -0.1) is 0 Å². The second-order valence-electron chi connectivity index (χ2n) is 7.18. The number of aromatic nitrogens is 1. The van der Waals surface area contributed by atoms with Crippen molar-refractivity contribution in [3.8, 4) is 5.75 Å². The largest absolute Gasteiger partial charge is 0.487 e. The fourth-order valence-corrected chi connectivity index (χ4v) is 3.24. The first-order chi connectivity index (χ1) is 12.0. The van der Waals surface area contributed by atoms with Crippen LogP contribution in [0.3, 0.4) is 0 Å². The Kier molecular flexibility index (Phi) is 5.02. The molecule has 2 aromatic rings. The number of nitrogens with one attached hydrogen (secondary N) is 2. The van der Waals surface area contributed by atoms with E-state index in [4.69, 9.17) is 9.73 Å². The third-order valence-corrected chi connectivity index (χ3v) is 4.34. The van der Waals surface area contributed by atoms with E-state index in [1.54, 1.807) is 0 Å². The molecule has 0 spiro atoms. The van der Waals surface area contributed by atoms with Crippen molar-refractivity contribution in [2.75, 3.05) is 6.54 Å².